The number of aliphatic hydroxyl groups excluding tert-OH is 1. The van der Waals surface area contributed by atoms with Crippen molar-refractivity contribution in [2.45, 2.75) is 18.9 Å². The van der Waals surface area contributed by atoms with E-state index in [4.69, 9.17) is 16.7 Å². The molecule has 1 saturated heterocycles. The average molecular weight is 375 g/mol. The minimum atomic E-state index is -0.222. The molecule has 7 heteroatoms. The van der Waals surface area contributed by atoms with Gasteiger partial charge in [-0.15, -0.1) is 0 Å². The highest BCUT2D eigenvalue weighted by Crippen LogP contribution is 2.21. The molecule has 1 aliphatic rings. The first-order chi connectivity index (χ1) is 12.7. The number of anilines is 2. The quantitative estimate of drug-likeness (QED) is 0.724. The van der Waals surface area contributed by atoms with E-state index in [0.717, 1.165) is 25.9 Å². The molecular formula is C19H23ClN4O2. The van der Waals surface area contributed by atoms with Crippen LogP contribution < -0.4 is 10.6 Å². The fourth-order valence-electron chi connectivity index (χ4n) is 3.10. The van der Waals surface area contributed by atoms with Crippen molar-refractivity contribution in [3.63, 3.8) is 0 Å². The number of hydrogen-bond acceptors (Lipinski definition) is 5. The zero-order valence-electron chi connectivity index (χ0n) is 14.5. The van der Waals surface area contributed by atoms with Crippen molar-refractivity contribution in [3.05, 3.63) is 53.2 Å². The number of nitrogens with zero attached hydrogens (tertiary/aromatic N) is 2. The van der Waals surface area contributed by atoms with Crippen molar-refractivity contribution in [1.29, 1.82) is 0 Å². The number of aromatic nitrogens is 1. The standard InChI is InChI=1S/C19H23ClN4O2/c20-14-3-1-4-16(13-14)23-19(26)17-5-2-8-21-18(17)22-15-6-9-24(10-7-15)11-12-25/h1-5,8,13,15,25H,6-7,9-12H2,(H,21,22)(H,23,26). The maximum Gasteiger partial charge on any atom is 0.259 e. The van der Waals surface area contributed by atoms with Gasteiger partial charge in [0.25, 0.3) is 5.91 Å². The molecule has 1 amide bonds. The van der Waals surface area contributed by atoms with Crippen molar-refractivity contribution in [1.82, 2.24) is 9.88 Å². The van der Waals surface area contributed by atoms with Gasteiger partial charge in [0, 0.05) is 42.6 Å². The molecule has 1 fully saturated rings. The van der Waals surface area contributed by atoms with E-state index >= 15 is 0 Å². The number of aliphatic hydroxyl groups is 1. The predicted octanol–water partition coefficient (Wildman–Crippen LogP) is 2.86. The lowest BCUT2D eigenvalue weighted by atomic mass is 10.0. The third kappa shape index (κ3) is 4.94. The zero-order chi connectivity index (χ0) is 18.4. The van der Waals surface area contributed by atoms with Gasteiger partial charge < -0.3 is 20.6 Å². The summed E-state index contributed by atoms with van der Waals surface area (Å²) >= 11 is 5.97. The Bertz CT molecular complexity index is 748. The van der Waals surface area contributed by atoms with Crippen LogP contribution in [-0.2, 0) is 0 Å². The second-order valence-corrected chi connectivity index (χ2v) is 6.78. The summed E-state index contributed by atoms with van der Waals surface area (Å²) in [5.41, 5.74) is 1.15. The van der Waals surface area contributed by atoms with E-state index in [2.05, 4.69) is 20.5 Å². The fourth-order valence-corrected chi connectivity index (χ4v) is 3.29. The second-order valence-electron chi connectivity index (χ2n) is 6.35. The molecule has 1 aromatic carbocycles. The highest BCUT2D eigenvalue weighted by molar-refractivity contribution is 6.31. The van der Waals surface area contributed by atoms with Crippen LogP contribution in [0.2, 0.25) is 5.02 Å². The first kappa shape index (κ1) is 18.6. The number of pyridine rings is 1. The van der Waals surface area contributed by atoms with Crippen LogP contribution in [0.25, 0.3) is 0 Å². The Kier molecular flexibility index (Phi) is 6.44. The number of halogens is 1. The summed E-state index contributed by atoms with van der Waals surface area (Å²) in [6.07, 6.45) is 3.58. The number of amides is 1. The molecule has 2 aromatic rings. The molecular weight excluding hydrogens is 352 g/mol. The molecule has 2 heterocycles. The fraction of sp³-hybridized carbons (Fsp3) is 0.368. The topological polar surface area (TPSA) is 77.5 Å². The third-order valence-electron chi connectivity index (χ3n) is 4.48. The molecule has 26 heavy (non-hydrogen) atoms. The van der Waals surface area contributed by atoms with Gasteiger partial charge in [-0.25, -0.2) is 4.98 Å². The van der Waals surface area contributed by atoms with E-state index in [9.17, 15) is 4.79 Å². The maximum atomic E-state index is 12.7. The molecule has 1 aliphatic heterocycles. The zero-order valence-corrected chi connectivity index (χ0v) is 15.2. The summed E-state index contributed by atoms with van der Waals surface area (Å²) in [5.74, 6) is 0.369. The number of likely N-dealkylation sites (tertiary alicyclic amines) is 1. The van der Waals surface area contributed by atoms with E-state index in [1.807, 2.05) is 0 Å². The summed E-state index contributed by atoms with van der Waals surface area (Å²) < 4.78 is 0. The highest BCUT2D eigenvalue weighted by atomic mass is 35.5. The van der Waals surface area contributed by atoms with Crippen LogP contribution in [0.4, 0.5) is 11.5 Å². The molecule has 6 nitrogen and oxygen atoms in total. The van der Waals surface area contributed by atoms with E-state index in [1.165, 1.54) is 0 Å². The molecule has 0 bridgehead atoms. The number of nitrogens with one attached hydrogen (secondary N) is 2. The summed E-state index contributed by atoms with van der Waals surface area (Å²) in [5, 5.41) is 15.9. The first-order valence-corrected chi connectivity index (χ1v) is 9.15. The molecule has 1 aromatic heterocycles. The van der Waals surface area contributed by atoms with Gasteiger partial charge in [0.1, 0.15) is 5.82 Å². The molecule has 0 radical (unpaired) electrons. The molecule has 0 aliphatic carbocycles. The number of carbonyl (C=O) groups excluding carboxylic acids is 1. The second kappa shape index (κ2) is 8.98. The Morgan fingerprint density at radius 1 is 1.27 bits per heavy atom. The molecule has 0 spiro atoms. The van der Waals surface area contributed by atoms with Crippen molar-refractivity contribution in [2.24, 2.45) is 0 Å². The average Bonchev–Trinajstić information content (AvgIpc) is 2.64. The first-order valence-electron chi connectivity index (χ1n) is 8.77. The van der Waals surface area contributed by atoms with E-state index in [0.29, 0.717) is 28.6 Å². The minimum Gasteiger partial charge on any atom is -0.395 e. The van der Waals surface area contributed by atoms with Crippen molar-refractivity contribution < 1.29 is 9.90 Å². The van der Waals surface area contributed by atoms with E-state index in [1.54, 1.807) is 42.6 Å². The number of rotatable bonds is 6. The molecule has 3 rings (SSSR count). The normalized spacial score (nSPS) is 15.6. The van der Waals surface area contributed by atoms with Crippen LogP contribution in [0.1, 0.15) is 23.2 Å². The molecule has 0 saturated carbocycles. The van der Waals surface area contributed by atoms with Crippen molar-refractivity contribution in [3.8, 4) is 0 Å². The Balaban J connectivity index is 1.65. The van der Waals surface area contributed by atoms with Crippen LogP contribution in [0.3, 0.4) is 0 Å². The molecule has 3 N–H and O–H groups in total. The molecule has 0 unspecified atom stereocenters. The van der Waals surface area contributed by atoms with Crippen LogP contribution >= 0.6 is 11.6 Å². The van der Waals surface area contributed by atoms with Crippen LogP contribution in [0.5, 0.6) is 0 Å². The number of β-amino-alcohol motifs (C(OH)–C–C–N with tert-alkyl or cyclic N) is 1. The Hall–Kier alpha value is -2.15. The van der Waals surface area contributed by atoms with Crippen LogP contribution in [0.15, 0.2) is 42.6 Å². The maximum absolute atomic E-state index is 12.7. The van der Waals surface area contributed by atoms with Gasteiger partial charge in [-0.1, -0.05) is 17.7 Å². The smallest absolute Gasteiger partial charge is 0.259 e. The van der Waals surface area contributed by atoms with Crippen molar-refractivity contribution in [2.75, 3.05) is 36.9 Å². The number of piperidine rings is 1. The summed E-state index contributed by atoms with van der Waals surface area (Å²) in [6.45, 7) is 2.75. The summed E-state index contributed by atoms with van der Waals surface area (Å²) in [7, 11) is 0. The van der Waals surface area contributed by atoms with E-state index < -0.39 is 0 Å². The lowest BCUT2D eigenvalue weighted by Crippen LogP contribution is -2.40. The van der Waals surface area contributed by atoms with Crippen LogP contribution in [-0.4, -0.2) is 53.2 Å². The number of hydrogen-bond donors (Lipinski definition) is 3. The Morgan fingerprint density at radius 3 is 2.81 bits per heavy atom. The number of carbonyl (C=O) groups is 1. The summed E-state index contributed by atoms with van der Waals surface area (Å²) in [4.78, 5) is 19.3. The Morgan fingerprint density at radius 2 is 2.08 bits per heavy atom. The SMILES string of the molecule is O=C(Nc1cccc(Cl)c1)c1cccnc1NC1CCN(CCO)CC1. The van der Waals surface area contributed by atoms with Gasteiger partial charge in [-0.2, -0.15) is 0 Å². The van der Waals surface area contributed by atoms with Gasteiger partial charge in [0.05, 0.1) is 12.2 Å². The lowest BCUT2D eigenvalue weighted by molar-refractivity contribution is 0.102. The molecule has 0 atom stereocenters. The largest absolute Gasteiger partial charge is 0.395 e. The van der Waals surface area contributed by atoms with Gasteiger partial charge in [-0.05, 0) is 43.2 Å². The van der Waals surface area contributed by atoms with Gasteiger partial charge in [-0.3, -0.25) is 4.79 Å². The highest BCUT2D eigenvalue weighted by Gasteiger charge is 2.21. The van der Waals surface area contributed by atoms with E-state index in [-0.39, 0.29) is 18.6 Å². The monoisotopic (exact) mass is 374 g/mol. The van der Waals surface area contributed by atoms with Gasteiger partial charge in [0.15, 0.2) is 0 Å². The predicted molar refractivity (Wildman–Crippen MR) is 104 cm³/mol. The van der Waals surface area contributed by atoms with Crippen LogP contribution in [0, 0.1) is 0 Å². The van der Waals surface area contributed by atoms with Crippen molar-refractivity contribution >= 4 is 29.0 Å². The third-order valence-corrected chi connectivity index (χ3v) is 4.71. The summed E-state index contributed by atoms with van der Waals surface area (Å²) in [6, 6.07) is 10.8. The Labute approximate surface area is 158 Å². The number of benzene rings is 1. The van der Waals surface area contributed by atoms with Gasteiger partial charge >= 0.3 is 0 Å². The lowest BCUT2D eigenvalue weighted by Gasteiger charge is -2.32. The molecule has 138 valence electrons. The minimum absolute atomic E-state index is 0.187. The van der Waals surface area contributed by atoms with Gasteiger partial charge in [0.2, 0.25) is 0 Å².